The molecular formula is C21H18O. The molecule has 0 heterocycles. The molecule has 0 saturated carbocycles. The van der Waals surface area contributed by atoms with Crippen LogP contribution in [-0.4, -0.2) is 5.78 Å². The molecule has 22 heavy (non-hydrogen) atoms. The van der Waals surface area contributed by atoms with Crippen LogP contribution < -0.4 is 0 Å². The zero-order valence-electron chi connectivity index (χ0n) is 12.8. The molecule has 0 unspecified atom stereocenters. The van der Waals surface area contributed by atoms with Crippen molar-refractivity contribution in [2.75, 3.05) is 0 Å². The summed E-state index contributed by atoms with van der Waals surface area (Å²) in [5, 5.41) is 0. The Labute approximate surface area is 131 Å². The Morgan fingerprint density at radius 1 is 0.636 bits per heavy atom. The minimum absolute atomic E-state index is 0.0754. The van der Waals surface area contributed by atoms with Gasteiger partial charge in [0.05, 0.1) is 0 Å². The third-order valence-corrected chi connectivity index (χ3v) is 3.74. The van der Waals surface area contributed by atoms with Gasteiger partial charge in [0.1, 0.15) is 0 Å². The number of carbonyl (C=O) groups is 1. The average Bonchev–Trinajstić information content (AvgIpc) is 2.54. The van der Waals surface area contributed by atoms with Crippen molar-refractivity contribution in [3.05, 3.63) is 95.1 Å². The largest absolute Gasteiger partial charge is 0.289 e. The summed E-state index contributed by atoms with van der Waals surface area (Å²) in [7, 11) is 0. The van der Waals surface area contributed by atoms with E-state index < -0.39 is 0 Å². The molecule has 0 aromatic heterocycles. The Morgan fingerprint density at radius 2 is 1.18 bits per heavy atom. The van der Waals surface area contributed by atoms with E-state index >= 15 is 0 Å². The lowest BCUT2D eigenvalue weighted by molar-refractivity contribution is 0.103. The second kappa shape index (κ2) is 5.98. The lowest BCUT2D eigenvalue weighted by atomic mass is 9.97. The molecule has 1 heteroatoms. The molecule has 3 aromatic carbocycles. The molecule has 0 aliphatic rings. The van der Waals surface area contributed by atoms with Gasteiger partial charge in [-0.05, 0) is 37.1 Å². The van der Waals surface area contributed by atoms with Crippen LogP contribution in [0.15, 0.2) is 72.8 Å². The number of hydrogen-bond acceptors (Lipinski definition) is 1. The fourth-order valence-electron chi connectivity index (χ4n) is 2.72. The van der Waals surface area contributed by atoms with Gasteiger partial charge < -0.3 is 0 Å². The maximum atomic E-state index is 12.6. The van der Waals surface area contributed by atoms with Crippen LogP contribution >= 0.6 is 0 Å². The number of ketones is 1. The molecule has 0 N–H and O–H groups in total. The first-order valence-corrected chi connectivity index (χ1v) is 7.42. The van der Waals surface area contributed by atoms with Gasteiger partial charge in [0.15, 0.2) is 5.78 Å². The summed E-state index contributed by atoms with van der Waals surface area (Å²) < 4.78 is 0. The molecule has 0 fully saturated rings. The van der Waals surface area contributed by atoms with Crippen molar-refractivity contribution in [2.24, 2.45) is 0 Å². The predicted octanol–water partition coefficient (Wildman–Crippen LogP) is 5.20. The van der Waals surface area contributed by atoms with Crippen LogP contribution in [0.25, 0.3) is 11.1 Å². The van der Waals surface area contributed by atoms with Gasteiger partial charge in [0, 0.05) is 11.1 Å². The summed E-state index contributed by atoms with van der Waals surface area (Å²) in [6.07, 6.45) is 0. The van der Waals surface area contributed by atoms with E-state index in [2.05, 4.69) is 18.2 Å². The van der Waals surface area contributed by atoms with Gasteiger partial charge in [-0.2, -0.15) is 0 Å². The topological polar surface area (TPSA) is 17.1 Å². The Bertz CT molecular complexity index is 779. The number of hydrogen-bond donors (Lipinski definition) is 0. The molecule has 0 saturated heterocycles. The number of aryl methyl sites for hydroxylation is 2. The van der Waals surface area contributed by atoms with Crippen LogP contribution in [0.3, 0.4) is 0 Å². The summed E-state index contributed by atoms with van der Waals surface area (Å²) in [5.41, 5.74) is 5.99. The van der Waals surface area contributed by atoms with E-state index in [4.69, 9.17) is 0 Å². The van der Waals surface area contributed by atoms with E-state index in [9.17, 15) is 4.79 Å². The first kappa shape index (κ1) is 14.3. The minimum Gasteiger partial charge on any atom is -0.289 e. The quantitative estimate of drug-likeness (QED) is 0.605. The monoisotopic (exact) mass is 286 g/mol. The Morgan fingerprint density at radius 3 is 1.77 bits per heavy atom. The van der Waals surface area contributed by atoms with Crippen molar-refractivity contribution in [3.8, 4) is 11.1 Å². The van der Waals surface area contributed by atoms with Gasteiger partial charge in [-0.3, -0.25) is 4.79 Å². The van der Waals surface area contributed by atoms with Gasteiger partial charge >= 0.3 is 0 Å². The molecule has 0 aliphatic heterocycles. The van der Waals surface area contributed by atoms with Crippen molar-refractivity contribution in [2.45, 2.75) is 13.8 Å². The highest BCUT2D eigenvalue weighted by Gasteiger charge is 2.10. The number of benzene rings is 3. The highest BCUT2D eigenvalue weighted by Crippen LogP contribution is 2.21. The molecule has 1 nitrogen and oxygen atoms in total. The van der Waals surface area contributed by atoms with E-state index in [1.165, 1.54) is 0 Å². The Hall–Kier alpha value is -2.67. The summed E-state index contributed by atoms with van der Waals surface area (Å²) in [6.45, 7) is 4.03. The third-order valence-electron chi connectivity index (χ3n) is 3.74. The van der Waals surface area contributed by atoms with Gasteiger partial charge in [-0.1, -0.05) is 71.8 Å². The molecule has 0 radical (unpaired) electrons. The molecule has 3 aromatic rings. The minimum atomic E-state index is 0.0754. The molecule has 0 spiro atoms. The predicted molar refractivity (Wildman–Crippen MR) is 91.2 cm³/mol. The summed E-state index contributed by atoms with van der Waals surface area (Å²) in [6, 6.07) is 24.0. The van der Waals surface area contributed by atoms with E-state index in [0.29, 0.717) is 0 Å². The van der Waals surface area contributed by atoms with Crippen LogP contribution in [-0.2, 0) is 0 Å². The lowest BCUT2D eigenvalue weighted by Gasteiger charge is -2.06. The molecule has 0 amide bonds. The lowest BCUT2D eigenvalue weighted by Crippen LogP contribution is -2.02. The van der Waals surface area contributed by atoms with Crippen LogP contribution in [0.5, 0.6) is 0 Å². The smallest absolute Gasteiger partial charge is 0.193 e. The van der Waals surface area contributed by atoms with Gasteiger partial charge in [-0.15, -0.1) is 0 Å². The Balaban J connectivity index is 1.91. The zero-order valence-corrected chi connectivity index (χ0v) is 12.8. The van der Waals surface area contributed by atoms with E-state index in [0.717, 1.165) is 33.4 Å². The zero-order chi connectivity index (χ0) is 15.5. The fraction of sp³-hybridized carbons (Fsp3) is 0.0952. The van der Waals surface area contributed by atoms with E-state index in [-0.39, 0.29) is 5.78 Å². The highest BCUT2D eigenvalue weighted by molar-refractivity contribution is 6.09. The number of rotatable bonds is 3. The van der Waals surface area contributed by atoms with Crippen LogP contribution in [0.1, 0.15) is 27.0 Å². The first-order valence-electron chi connectivity index (χ1n) is 7.42. The van der Waals surface area contributed by atoms with Gasteiger partial charge in [0.2, 0.25) is 0 Å². The van der Waals surface area contributed by atoms with Crippen LogP contribution in [0.4, 0.5) is 0 Å². The van der Waals surface area contributed by atoms with Crippen LogP contribution in [0.2, 0.25) is 0 Å². The Kier molecular flexibility index (Phi) is 3.88. The SMILES string of the molecule is Cc1cc(C)cc(C(=O)c2ccc(-c3ccccc3)cc2)c1. The third kappa shape index (κ3) is 2.99. The van der Waals surface area contributed by atoms with E-state index in [1.807, 2.05) is 68.4 Å². The van der Waals surface area contributed by atoms with Crippen molar-refractivity contribution in [3.63, 3.8) is 0 Å². The summed E-state index contributed by atoms with van der Waals surface area (Å²) in [5.74, 6) is 0.0754. The molecule has 108 valence electrons. The van der Waals surface area contributed by atoms with E-state index in [1.54, 1.807) is 0 Å². The average molecular weight is 286 g/mol. The summed E-state index contributed by atoms with van der Waals surface area (Å²) in [4.78, 5) is 12.6. The fourth-order valence-corrected chi connectivity index (χ4v) is 2.72. The molecule has 0 atom stereocenters. The van der Waals surface area contributed by atoms with Crippen molar-refractivity contribution < 1.29 is 4.79 Å². The highest BCUT2D eigenvalue weighted by atomic mass is 16.1. The molecule has 0 aliphatic carbocycles. The maximum Gasteiger partial charge on any atom is 0.193 e. The van der Waals surface area contributed by atoms with Crippen molar-refractivity contribution in [1.29, 1.82) is 0 Å². The molecule has 3 rings (SSSR count). The van der Waals surface area contributed by atoms with Crippen LogP contribution in [0, 0.1) is 13.8 Å². The van der Waals surface area contributed by atoms with Crippen molar-refractivity contribution in [1.82, 2.24) is 0 Å². The number of carbonyl (C=O) groups excluding carboxylic acids is 1. The first-order chi connectivity index (χ1) is 10.6. The molecule has 0 bridgehead atoms. The normalized spacial score (nSPS) is 10.5. The second-order valence-electron chi connectivity index (χ2n) is 5.65. The maximum absolute atomic E-state index is 12.6. The molecular weight excluding hydrogens is 268 g/mol. The van der Waals surface area contributed by atoms with Crippen molar-refractivity contribution >= 4 is 5.78 Å². The van der Waals surface area contributed by atoms with Gasteiger partial charge in [0.25, 0.3) is 0 Å². The summed E-state index contributed by atoms with van der Waals surface area (Å²) >= 11 is 0. The standard InChI is InChI=1S/C21H18O/c1-15-12-16(2)14-20(13-15)21(22)19-10-8-18(9-11-19)17-6-4-3-5-7-17/h3-14H,1-2H3. The second-order valence-corrected chi connectivity index (χ2v) is 5.65. The van der Waals surface area contributed by atoms with Gasteiger partial charge in [-0.25, -0.2) is 0 Å².